The molecule has 1 aromatic carbocycles. The van der Waals surface area contributed by atoms with Crippen LogP contribution in [0.5, 0.6) is 5.75 Å². The van der Waals surface area contributed by atoms with Gasteiger partial charge in [-0.05, 0) is 49.1 Å². The molecule has 2 nitrogen and oxygen atoms in total. The van der Waals surface area contributed by atoms with Gasteiger partial charge in [0.05, 0.1) is 6.10 Å². The molecular weight excluding hydrogens is 255 g/mol. The van der Waals surface area contributed by atoms with E-state index in [2.05, 4.69) is 20.8 Å². The number of rotatable bonds is 3. The number of hydrogen-bond acceptors (Lipinski definition) is 2. The first kappa shape index (κ1) is 15.0. The standard InChI is InChI=1S/C17H23FO2/c1-17(2,3)13-4-6-15(7-5-13)20-16-9-12(11-19)8-14(18)10-16/h8-11,13,15H,4-7H2,1-3H3. The van der Waals surface area contributed by atoms with E-state index in [1.165, 1.54) is 12.1 Å². The Kier molecular flexibility index (Phi) is 4.46. The van der Waals surface area contributed by atoms with Crippen LogP contribution in [0.15, 0.2) is 18.2 Å². The zero-order chi connectivity index (χ0) is 14.8. The highest BCUT2D eigenvalue weighted by Gasteiger charge is 2.30. The average Bonchev–Trinajstić information content (AvgIpc) is 2.37. The minimum Gasteiger partial charge on any atom is -0.490 e. The van der Waals surface area contributed by atoms with Crippen molar-refractivity contribution in [1.29, 1.82) is 0 Å². The van der Waals surface area contributed by atoms with E-state index in [-0.39, 0.29) is 6.10 Å². The van der Waals surface area contributed by atoms with Crippen LogP contribution in [0.2, 0.25) is 0 Å². The molecular formula is C17H23FO2. The SMILES string of the molecule is CC(C)(C)C1CCC(Oc2cc(F)cc(C=O)c2)CC1. The van der Waals surface area contributed by atoms with Gasteiger partial charge in [-0.2, -0.15) is 0 Å². The molecule has 1 aliphatic rings. The van der Waals surface area contributed by atoms with Crippen molar-refractivity contribution in [2.24, 2.45) is 11.3 Å². The van der Waals surface area contributed by atoms with E-state index in [1.807, 2.05) is 0 Å². The first-order valence-electron chi connectivity index (χ1n) is 7.31. The number of ether oxygens (including phenoxy) is 1. The number of benzene rings is 1. The molecule has 0 radical (unpaired) electrons. The Labute approximate surface area is 120 Å². The summed E-state index contributed by atoms with van der Waals surface area (Å²) in [7, 11) is 0. The molecule has 1 saturated carbocycles. The van der Waals surface area contributed by atoms with Crippen molar-refractivity contribution >= 4 is 6.29 Å². The van der Waals surface area contributed by atoms with Crippen LogP contribution < -0.4 is 4.74 Å². The highest BCUT2D eigenvalue weighted by atomic mass is 19.1. The zero-order valence-corrected chi connectivity index (χ0v) is 12.5. The van der Waals surface area contributed by atoms with Crippen molar-refractivity contribution in [3.8, 4) is 5.75 Å². The molecule has 3 heteroatoms. The predicted octanol–water partition coefficient (Wildman–Crippen LogP) is 4.62. The number of aldehydes is 1. The molecule has 20 heavy (non-hydrogen) atoms. The van der Waals surface area contributed by atoms with E-state index in [9.17, 15) is 9.18 Å². The monoisotopic (exact) mass is 278 g/mol. The largest absolute Gasteiger partial charge is 0.490 e. The fourth-order valence-corrected chi connectivity index (χ4v) is 2.96. The third-order valence-electron chi connectivity index (χ3n) is 4.23. The van der Waals surface area contributed by atoms with Crippen LogP contribution in [0.1, 0.15) is 56.8 Å². The number of carbonyl (C=O) groups is 1. The lowest BCUT2D eigenvalue weighted by molar-refractivity contribution is 0.0878. The number of carbonyl (C=O) groups excluding carboxylic acids is 1. The Hall–Kier alpha value is -1.38. The molecule has 0 unspecified atom stereocenters. The Balaban J connectivity index is 1.96. The van der Waals surface area contributed by atoms with Crippen molar-refractivity contribution in [3.05, 3.63) is 29.6 Å². The summed E-state index contributed by atoms with van der Waals surface area (Å²) in [5, 5.41) is 0. The lowest BCUT2D eigenvalue weighted by atomic mass is 9.72. The average molecular weight is 278 g/mol. The highest BCUT2D eigenvalue weighted by Crippen LogP contribution is 2.38. The normalized spacial score (nSPS) is 23.4. The van der Waals surface area contributed by atoms with Crippen molar-refractivity contribution in [1.82, 2.24) is 0 Å². The van der Waals surface area contributed by atoms with Gasteiger partial charge < -0.3 is 4.74 Å². The second kappa shape index (κ2) is 5.94. The first-order valence-corrected chi connectivity index (χ1v) is 7.31. The van der Waals surface area contributed by atoms with Gasteiger partial charge in [0, 0.05) is 11.6 Å². The van der Waals surface area contributed by atoms with Gasteiger partial charge in [-0.15, -0.1) is 0 Å². The van der Waals surface area contributed by atoms with Crippen molar-refractivity contribution in [3.63, 3.8) is 0 Å². The second-order valence-electron chi connectivity index (χ2n) is 6.80. The van der Waals surface area contributed by atoms with E-state index >= 15 is 0 Å². The van der Waals surface area contributed by atoms with E-state index in [0.717, 1.165) is 31.6 Å². The van der Waals surface area contributed by atoms with Crippen molar-refractivity contribution in [2.75, 3.05) is 0 Å². The molecule has 0 amide bonds. The molecule has 0 aromatic heterocycles. The van der Waals surface area contributed by atoms with Crippen LogP contribution in [0, 0.1) is 17.2 Å². The van der Waals surface area contributed by atoms with E-state index in [4.69, 9.17) is 4.74 Å². The summed E-state index contributed by atoms with van der Waals surface area (Å²) in [6.07, 6.45) is 5.06. The molecule has 1 aliphatic carbocycles. The van der Waals surface area contributed by atoms with Crippen LogP contribution in [0.4, 0.5) is 4.39 Å². The van der Waals surface area contributed by atoms with Crippen LogP contribution in [-0.2, 0) is 0 Å². The predicted molar refractivity (Wildman–Crippen MR) is 77.6 cm³/mol. The molecule has 1 fully saturated rings. The van der Waals surface area contributed by atoms with Crippen LogP contribution in [0.25, 0.3) is 0 Å². The number of halogens is 1. The van der Waals surface area contributed by atoms with Gasteiger partial charge in [-0.1, -0.05) is 20.8 Å². The first-order chi connectivity index (χ1) is 9.38. The Bertz CT molecular complexity index is 468. The van der Waals surface area contributed by atoms with Gasteiger partial charge in [0.15, 0.2) is 0 Å². The molecule has 2 rings (SSSR count). The lowest BCUT2D eigenvalue weighted by Gasteiger charge is -2.36. The molecule has 110 valence electrons. The molecule has 0 spiro atoms. The molecule has 0 saturated heterocycles. The summed E-state index contributed by atoms with van der Waals surface area (Å²) in [4.78, 5) is 10.7. The second-order valence-corrected chi connectivity index (χ2v) is 6.80. The van der Waals surface area contributed by atoms with E-state index in [0.29, 0.717) is 23.0 Å². The Morgan fingerprint density at radius 3 is 2.35 bits per heavy atom. The highest BCUT2D eigenvalue weighted by molar-refractivity contribution is 5.75. The summed E-state index contributed by atoms with van der Waals surface area (Å²) in [5.41, 5.74) is 0.664. The van der Waals surface area contributed by atoms with Gasteiger partial charge in [-0.25, -0.2) is 4.39 Å². The Morgan fingerprint density at radius 1 is 1.15 bits per heavy atom. The summed E-state index contributed by atoms with van der Waals surface area (Å²) >= 11 is 0. The summed E-state index contributed by atoms with van der Waals surface area (Å²) in [6, 6.07) is 4.17. The minimum absolute atomic E-state index is 0.134. The molecule has 1 aromatic rings. The van der Waals surface area contributed by atoms with Crippen molar-refractivity contribution in [2.45, 2.75) is 52.6 Å². The Morgan fingerprint density at radius 2 is 1.80 bits per heavy atom. The summed E-state index contributed by atoms with van der Waals surface area (Å²) < 4.78 is 19.2. The molecule has 0 bridgehead atoms. The zero-order valence-electron chi connectivity index (χ0n) is 12.5. The third kappa shape index (κ3) is 3.81. The van der Waals surface area contributed by atoms with Gasteiger partial charge >= 0.3 is 0 Å². The molecule has 0 atom stereocenters. The van der Waals surface area contributed by atoms with Gasteiger partial charge in [0.25, 0.3) is 0 Å². The van der Waals surface area contributed by atoms with Crippen LogP contribution >= 0.6 is 0 Å². The topological polar surface area (TPSA) is 26.3 Å². The van der Waals surface area contributed by atoms with E-state index in [1.54, 1.807) is 6.07 Å². The maximum atomic E-state index is 13.3. The maximum Gasteiger partial charge on any atom is 0.150 e. The smallest absolute Gasteiger partial charge is 0.150 e. The molecule has 0 aliphatic heterocycles. The van der Waals surface area contributed by atoms with E-state index < -0.39 is 5.82 Å². The van der Waals surface area contributed by atoms with Gasteiger partial charge in [-0.3, -0.25) is 4.79 Å². The third-order valence-corrected chi connectivity index (χ3v) is 4.23. The van der Waals surface area contributed by atoms with Gasteiger partial charge in [0.2, 0.25) is 0 Å². The van der Waals surface area contributed by atoms with Crippen molar-refractivity contribution < 1.29 is 13.9 Å². The van der Waals surface area contributed by atoms with Crippen LogP contribution in [0.3, 0.4) is 0 Å². The molecule has 0 N–H and O–H groups in total. The van der Waals surface area contributed by atoms with Crippen LogP contribution in [-0.4, -0.2) is 12.4 Å². The molecule has 0 heterocycles. The fraction of sp³-hybridized carbons (Fsp3) is 0.588. The quantitative estimate of drug-likeness (QED) is 0.754. The summed E-state index contributed by atoms with van der Waals surface area (Å²) in [5.74, 6) is 0.764. The number of hydrogen-bond donors (Lipinski definition) is 0. The lowest BCUT2D eigenvalue weighted by Crippen LogP contribution is -2.30. The summed E-state index contributed by atoms with van der Waals surface area (Å²) in [6.45, 7) is 6.84. The minimum atomic E-state index is -0.423. The fourth-order valence-electron chi connectivity index (χ4n) is 2.96. The van der Waals surface area contributed by atoms with Gasteiger partial charge in [0.1, 0.15) is 17.9 Å². The maximum absolute atomic E-state index is 13.3.